The fourth-order valence-electron chi connectivity index (χ4n) is 1.84. The van der Waals surface area contributed by atoms with Gasteiger partial charge in [0.05, 0.1) is 0 Å². The van der Waals surface area contributed by atoms with Crippen molar-refractivity contribution in [1.29, 1.82) is 0 Å². The summed E-state index contributed by atoms with van der Waals surface area (Å²) in [6, 6.07) is 18.8. The smallest absolute Gasteiger partial charge is 0.0233 e. The molecule has 0 saturated carbocycles. The Hall–Kier alpha value is -1.82. The number of rotatable bonds is 4. The highest BCUT2D eigenvalue weighted by atomic mass is 13.9. The van der Waals surface area contributed by atoms with Gasteiger partial charge in [0.15, 0.2) is 0 Å². The molecule has 2 aromatic carbocycles. The van der Waals surface area contributed by atoms with Crippen LogP contribution in [0.2, 0.25) is 0 Å². The monoisotopic (exact) mass is 252 g/mol. The first-order valence-electron chi connectivity index (χ1n) is 7.00. The number of aryl methyl sites for hydroxylation is 2. The van der Waals surface area contributed by atoms with E-state index in [1.54, 1.807) is 0 Å². The molecule has 0 fully saturated rings. The lowest BCUT2D eigenvalue weighted by molar-refractivity contribution is 0.795. The summed E-state index contributed by atoms with van der Waals surface area (Å²) in [5.41, 5.74) is 3.97. The highest BCUT2D eigenvalue weighted by Crippen LogP contribution is 2.06. The van der Waals surface area contributed by atoms with Crippen LogP contribution in [0.1, 0.15) is 36.5 Å². The Bertz CT molecular complexity index is 468. The topological polar surface area (TPSA) is 0 Å². The van der Waals surface area contributed by atoms with Crippen molar-refractivity contribution < 1.29 is 0 Å². The lowest BCUT2D eigenvalue weighted by atomic mass is 10.1. The van der Waals surface area contributed by atoms with Crippen molar-refractivity contribution in [2.45, 2.75) is 33.1 Å². The number of benzene rings is 2. The Labute approximate surface area is 117 Å². The lowest BCUT2D eigenvalue weighted by Crippen LogP contribution is -1.81. The van der Waals surface area contributed by atoms with Crippen LogP contribution in [-0.4, -0.2) is 0 Å². The van der Waals surface area contributed by atoms with Gasteiger partial charge in [-0.2, -0.15) is 0 Å². The summed E-state index contributed by atoms with van der Waals surface area (Å²) >= 11 is 0. The zero-order valence-corrected chi connectivity index (χ0v) is 12.1. The molecule has 0 radical (unpaired) electrons. The molecule has 0 aliphatic rings. The van der Waals surface area contributed by atoms with Crippen molar-refractivity contribution in [2.75, 3.05) is 0 Å². The maximum absolute atomic E-state index is 3.69. The molecule has 0 aromatic heterocycles. The molecule has 2 rings (SSSR count). The zero-order chi connectivity index (χ0) is 13.9. The van der Waals surface area contributed by atoms with Gasteiger partial charge in [-0.15, -0.1) is 0 Å². The molecule has 0 aliphatic carbocycles. The highest BCUT2D eigenvalue weighted by molar-refractivity contribution is 5.50. The summed E-state index contributed by atoms with van der Waals surface area (Å²) < 4.78 is 0. The normalized spacial score (nSPS) is 9.37. The molecule has 0 nitrogen and oxygen atoms in total. The molecule has 0 heteroatoms. The predicted octanol–water partition coefficient (Wildman–Crippen LogP) is 5.67. The molecule has 0 atom stereocenters. The van der Waals surface area contributed by atoms with Crippen LogP contribution in [0.3, 0.4) is 0 Å². The van der Waals surface area contributed by atoms with Crippen LogP contribution in [0.15, 0.2) is 61.2 Å². The predicted molar refractivity (Wildman–Crippen MR) is 86.3 cm³/mol. The van der Waals surface area contributed by atoms with Gasteiger partial charge >= 0.3 is 0 Å². The van der Waals surface area contributed by atoms with Gasteiger partial charge in [-0.05, 0) is 36.5 Å². The molecule has 0 amide bonds. The second kappa shape index (κ2) is 9.16. The molecular weight excluding hydrogens is 228 g/mol. The molecule has 0 bridgehead atoms. The van der Waals surface area contributed by atoms with E-state index in [-0.39, 0.29) is 0 Å². The van der Waals surface area contributed by atoms with E-state index >= 15 is 0 Å². The van der Waals surface area contributed by atoms with E-state index < -0.39 is 0 Å². The van der Waals surface area contributed by atoms with Crippen molar-refractivity contribution in [2.24, 2.45) is 0 Å². The average Bonchev–Trinajstić information content (AvgIpc) is 2.47. The van der Waals surface area contributed by atoms with Crippen LogP contribution >= 0.6 is 0 Å². The molecule has 0 N–H and O–H groups in total. The van der Waals surface area contributed by atoms with Crippen molar-refractivity contribution in [3.63, 3.8) is 0 Å². The van der Waals surface area contributed by atoms with Crippen molar-refractivity contribution >= 4 is 6.08 Å². The fraction of sp³-hybridized carbons (Fsp3) is 0.263. The first-order valence-corrected chi connectivity index (χ1v) is 7.00. The first-order chi connectivity index (χ1) is 9.27. The Kier molecular flexibility index (Phi) is 7.34. The maximum atomic E-state index is 3.69. The van der Waals surface area contributed by atoms with E-state index in [1.807, 2.05) is 18.2 Å². The Morgan fingerprint density at radius 1 is 0.947 bits per heavy atom. The summed E-state index contributed by atoms with van der Waals surface area (Å²) in [4.78, 5) is 0. The molecular formula is C19H24. The molecule has 0 spiro atoms. The quantitative estimate of drug-likeness (QED) is 0.658. The van der Waals surface area contributed by atoms with Crippen molar-refractivity contribution in [3.8, 4) is 0 Å². The third kappa shape index (κ3) is 6.05. The first kappa shape index (κ1) is 15.2. The molecule has 0 aliphatic heterocycles. The van der Waals surface area contributed by atoms with E-state index in [0.717, 1.165) is 0 Å². The van der Waals surface area contributed by atoms with E-state index in [4.69, 9.17) is 0 Å². The van der Waals surface area contributed by atoms with Crippen LogP contribution in [0.25, 0.3) is 6.08 Å². The summed E-state index contributed by atoms with van der Waals surface area (Å²) in [5, 5.41) is 0. The number of hydrogen-bond donors (Lipinski definition) is 0. The summed E-state index contributed by atoms with van der Waals surface area (Å²) in [6.45, 7) is 8.00. The van der Waals surface area contributed by atoms with Crippen LogP contribution in [0, 0.1) is 6.92 Å². The van der Waals surface area contributed by atoms with E-state index in [9.17, 15) is 0 Å². The van der Waals surface area contributed by atoms with Gasteiger partial charge in [-0.3, -0.25) is 0 Å². The van der Waals surface area contributed by atoms with Gasteiger partial charge in [-0.1, -0.05) is 80.6 Å². The van der Waals surface area contributed by atoms with E-state index in [2.05, 4.69) is 62.9 Å². The van der Waals surface area contributed by atoms with Crippen LogP contribution in [-0.2, 0) is 6.42 Å². The minimum Gasteiger partial charge on any atom is -0.0985 e. The third-order valence-corrected chi connectivity index (χ3v) is 3.07. The lowest BCUT2D eigenvalue weighted by Gasteiger charge is -1.96. The van der Waals surface area contributed by atoms with Crippen LogP contribution in [0.5, 0.6) is 0 Å². The minimum absolute atomic E-state index is 1.22. The largest absolute Gasteiger partial charge is 0.0985 e. The minimum atomic E-state index is 1.22. The summed E-state index contributed by atoms with van der Waals surface area (Å²) in [7, 11) is 0. The zero-order valence-electron chi connectivity index (χ0n) is 12.1. The Morgan fingerprint density at radius 2 is 1.58 bits per heavy atom. The molecule has 0 unspecified atom stereocenters. The molecule has 0 heterocycles. The van der Waals surface area contributed by atoms with Gasteiger partial charge in [0.2, 0.25) is 0 Å². The van der Waals surface area contributed by atoms with Gasteiger partial charge in [0, 0.05) is 0 Å². The fourth-order valence-corrected chi connectivity index (χ4v) is 1.84. The van der Waals surface area contributed by atoms with Gasteiger partial charge in [0.1, 0.15) is 0 Å². The molecule has 19 heavy (non-hydrogen) atoms. The van der Waals surface area contributed by atoms with Gasteiger partial charge < -0.3 is 0 Å². The average molecular weight is 252 g/mol. The second-order valence-corrected chi connectivity index (χ2v) is 4.65. The van der Waals surface area contributed by atoms with Gasteiger partial charge in [0.25, 0.3) is 0 Å². The van der Waals surface area contributed by atoms with Crippen molar-refractivity contribution in [3.05, 3.63) is 77.9 Å². The standard InChI is InChI=1S/C10H14.C9H10/c1-2-3-7-10-8-5-4-6-9-10;1-3-9-7-5-4-6-8(9)2/h4-6,8-9H,2-3,7H2,1H3;3-7H,1H2,2H3. The van der Waals surface area contributed by atoms with Gasteiger partial charge in [-0.25, -0.2) is 0 Å². The van der Waals surface area contributed by atoms with Crippen LogP contribution in [0.4, 0.5) is 0 Å². The van der Waals surface area contributed by atoms with Crippen LogP contribution < -0.4 is 0 Å². The Morgan fingerprint density at radius 3 is 2.11 bits per heavy atom. The number of hydrogen-bond acceptors (Lipinski definition) is 0. The van der Waals surface area contributed by atoms with Crippen molar-refractivity contribution in [1.82, 2.24) is 0 Å². The summed E-state index contributed by atoms with van der Waals surface area (Å²) in [5.74, 6) is 0. The summed E-state index contributed by atoms with van der Waals surface area (Å²) in [6.07, 6.45) is 5.70. The SMILES string of the molecule is C=Cc1ccccc1C.CCCCc1ccccc1. The van der Waals surface area contributed by atoms with E-state index in [1.165, 1.54) is 36.0 Å². The molecule has 0 saturated heterocycles. The highest BCUT2D eigenvalue weighted by Gasteiger charge is 1.87. The van der Waals surface area contributed by atoms with E-state index in [0.29, 0.717) is 0 Å². The Balaban J connectivity index is 0.000000191. The second-order valence-electron chi connectivity index (χ2n) is 4.65. The third-order valence-electron chi connectivity index (χ3n) is 3.07. The maximum Gasteiger partial charge on any atom is -0.0233 e. The number of unbranched alkanes of at least 4 members (excludes halogenated alkanes) is 1. The molecule has 2 aromatic rings. The molecule has 100 valence electrons.